The smallest absolute Gasteiger partial charge is 0.247 e. The molecule has 4 rings (SSSR count). The molecule has 1 fully saturated rings. The zero-order valence-electron chi connectivity index (χ0n) is 17.3. The summed E-state index contributed by atoms with van der Waals surface area (Å²) < 4.78 is 14.1. The molecule has 160 valence electrons. The van der Waals surface area contributed by atoms with Crippen LogP contribution in [0.2, 0.25) is 0 Å². The van der Waals surface area contributed by atoms with Gasteiger partial charge in [-0.3, -0.25) is 9.59 Å². The number of fused-ring (bicyclic) bond motifs is 1. The van der Waals surface area contributed by atoms with E-state index in [0.29, 0.717) is 49.5 Å². The van der Waals surface area contributed by atoms with Gasteiger partial charge in [0.2, 0.25) is 11.8 Å². The van der Waals surface area contributed by atoms with Gasteiger partial charge in [0.15, 0.2) is 0 Å². The first-order valence-corrected chi connectivity index (χ1v) is 10.3. The predicted molar refractivity (Wildman–Crippen MR) is 116 cm³/mol. The maximum atomic E-state index is 14.1. The van der Waals surface area contributed by atoms with Crippen LogP contribution in [0.1, 0.15) is 17.5 Å². The molecular weight excluding hydrogens is 397 g/mol. The van der Waals surface area contributed by atoms with E-state index in [9.17, 15) is 14.0 Å². The van der Waals surface area contributed by atoms with Gasteiger partial charge in [-0.05, 0) is 36.8 Å². The molecule has 31 heavy (non-hydrogen) atoms. The van der Waals surface area contributed by atoms with Crippen LogP contribution in [0.15, 0.2) is 36.4 Å². The highest BCUT2D eigenvalue weighted by molar-refractivity contribution is 5.98. The molecule has 2 aromatic rings. The van der Waals surface area contributed by atoms with Crippen molar-refractivity contribution in [3.63, 3.8) is 0 Å². The van der Waals surface area contributed by atoms with Crippen LogP contribution in [0.4, 0.5) is 21.5 Å². The normalized spacial score (nSPS) is 17.5. The number of amides is 2. The molecule has 0 aromatic heterocycles. The predicted octanol–water partition coefficient (Wildman–Crippen LogP) is 2.67. The van der Waals surface area contributed by atoms with Crippen LogP contribution in [0, 0.1) is 24.1 Å². The average molecular weight is 421 g/mol. The summed E-state index contributed by atoms with van der Waals surface area (Å²) >= 11 is 0. The number of anilines is 3. The number of hydrogen-bond donors (Lipinski definition) is 2. The number of benzene rings is 2. The van der Waals surface area contributed by atoms with Gasteiger partial charge < -0.3 is 20.4 Å². The zero-order chi connectivity index (χ0) is 22.0. The van der Waals surface area contributed by atoms with E-state index in [2.05, 4.69) is 15.5 Å². The minimum absolute atomic E-state index is 0.0932. The molecule has 8 heteroatoms. The van der Waals surface area contributed by atoms with Crippen LogP contribution in [0.25, 0.3) is 0 Å². The lowest BCUT2D eigenvalue weighted by atomic mass is 10.1. The number of hydrogen-bond acceptors (Lipinski definition) is 5. The van der Waals surface area contributed by atoms with Crippen LogP contribution < -0.4 is 15.5 Å². The van der Waals surface area contributed by atoms with Gasteiger partial charge in [-0.1, -0.05) is 12.1 Å². The third kappa shape index (κ3) is 4.31. The van der Waals surface area contributed by atoms with E-state index in [1.165, 1.54) is 6.07 Å². The Kier molecular flexibility index (Phi) is 5.76. The SMILES string of the molecule is Cc1ccc(F)c2c1NC(C(=O)Nc1cccc(N3CCN(C(=O)CC#N)CC3)c1)C2. The summed E-state index contributed by atoms with van der Waals surface area (Å²) in [5, 5.41) is 14.8. The molecule has 2 aromatic carbocycles. The minimum Gasteiger partial charge on any atom is -0.373 e. The Bertz CT molecular complexity index is 1030. The van der Waals surface area contributed by atoms with Gasteiger partial charge in [-0.15, -0.1) is 0 Å². The fourth-order valence-electron chi connectivity index (χ4n) is 4.13. The van der Waals surface area contributed by atoms with Crippen LogP contribution in [-0.2, 0) is 16.0 Å². The third-order valence-electron chi connectivity index (χ3n) is 5.85. The summed E-state index contributed by atoms with van der Waals surface area (Å²) in [6.45, 7) is 4.33. The van der Waals surface area contributed by atoms with E-state index in [-0.39, 0.29) is 24.1 Å². The van der Waals surface area contributed by atoms with Crippen LogP contribution in [0.3, 0.4) is 0 Å². The molecule has 7 nitrogen and oxygen atoms in total. The van der Waals surface area contributed by atoms with Crippen molar-refractivity contribution in [2.24, 2.45) is 0 Å². The standard InChI is InChI=1S/C23H24FN5O2/c1-15-5-6-19(24)18-14-20(27-22(15)18)23(31)26-16-3-2-4-17(13-16)28-9-11-29(12-10-28)21(30)7-8-25/h2-6,13,20,27H,7,9-12,14H2,1H3,(H,26,31). The maximum Gasteiger partial charge on any atom is 0.247 e. The number of rotatable bonds is 4. The Morgan fingerprint density at radius 1 is 1.23 bits per heavy atom. The largest absolute Gasteiger partial charge is 0.373 e. The molecular formula is C23H24FN5O2. The van der Waals surface area contributed by atoms with Crippen LogP contribution in [-0.4, -0.2) is 48.9 Å². The number of carbonyl (C=O) groups is 2. The molecule has 1 atom stereocenters. The van der Waals surface area contributed by atoms with E-state index in [1.54, 1.807) is 11.0 Å². The summed E-state index contributed by atoms with van der Waals surface area (Å²) in [7, 11) is 0. The molecule has 0 saturated carbocycles. The molecule has 0 bridgehead atoms. The number of aryl methyl sites for hydroxylation is 1. The van der Waals surface area contributed by atoms with Crippen molar-refractivity contribution in [2.45, 2.75) is 25.8 Å². The topological polar surface area (TPSA) is 88.5 Å². The van der Waals surface area contributed by atoms with Crippen molar-refractivity contribution >= 4 is 28.9 Å². The third-order valence-corrected chi connectivity index (χ3v) is 5.85. The number of halogens is 1. The minimum atomic E-state index is -0.524. The highest BCUT2D eigenvalue weighted by Gasteiger charge is 2.30. The summed E-state index contributed by atoms with van der Waals surface area (Å²) in [5.74, 6) is -0.642. The lowest BCUT2D eigenvalue weighted by Crippen LogP contribution is -2.48. The first kappa shape index (κ1) is 20.7. The molecule has 1 unspecified atom stereocenters. The van der Waals surface area contributed by atoms with Gasteiger partial charge in [0.1, 0.15) is 18.3 Å². The quantitative estimate of drug-likeness (QED) is 0.793. The van der Waals surface area contributed by atoms with Crippen molar-refractivity contribution in [3.8, 4) is 6.07 Å². The first-order chi connectivity index (χ1) is 15.0. The number of piperazine rings is 1. The van der Waals surface area contributed by atoms with E-state index in [0.717, 1.165) is 11.3 Å². The molecule has 0 radical (unpaired) electrons. The first-order valence-electron chi connectivity index (χ1n) is 10.3. The number of carbonyl (C=O) groups excluding carboxylic acids is 2. The van der Waals surface area contributed by atoms with Crippen molar-refractivity contribution in [1.82, 2.24) is 4.90 Å². The molecule has 0 spiro atoms. The zero-order valence-corrected chi connectivity index (χ0v) is 17.3. The summed E-state index contributed by atoms with van der Waals surface area (Å²) in [6, 6.07) is 12.1. The highest BCUT2D eigenvalue weighted by Crippen LogP contribution is 2.32. The molecule has 2 amide bonds. The Hall–Kier alpha value is -3.60. The second-order valence-electron chi connectivity index (χ2n) is 7.86. The van der Waals surface area contributed by atoms with E-state index in [4.69, 9.17) is 5.26 Å². The van der Waals surface area contributed by atoms with Gasteiger partial charge in [0, 0.05) is 55.2 Å². The van der Waals surface area contributed by atoms with E-state index < -0.39 is 6.04 Å². The second kappa shape index (κ2) is 8.64. The van der Waals surface area contributed by atoms with Gasteiger partial charge in [-0.2, -0.15) is 5.26 Å². The summed E-state index contributed by atoms with van der Waals surface area (Å²) in [6.07, 6.45) is 0.219. The summed E-state index contributed by atoms with van der Waals surface area (Å²) in [5.41, 5.74) is 3.80. The van der Waals surface area contributed by atoms with Crippen molar-refractivity contribution in [2.75, 3.05) is 41.7 Å². The fourth-order valence-corrected chi connectivity index (χ4v) is 4.13. The van der Waals surface area contributed by atoms with Crippen LogP contribution >= 0.6 is 0 Å². The second-order valence-corrected chi connectivity index (χ2v) is 7.86. The van der Waals surface area contributed by atoms with Gasteiger partial charge in [0.25, 0.3) is 0 Å². The van der Waals surface area contributed by atoms with Crippen molar-refractivity contribution in [1.29, 1.82) is 5.26 Å². The number of nitrogens with one attached hydrogen (secondary N) is 2. The molecule has 2 N–H and O–H groups in total. The van der Waals surface area contributed by atoms with Crippen molar-refractivity contribution in [3.05, 3.63) is 53.3 Å². The average Bonchev–Trinajstić information content (AvgIpc) is 3.24. The van der Waals surface area contributed by atoms with Crippen molar-refractivity contribution < 1.29 is 14.0 Å². The molecule has 0 aliphatic carbocycles. The Morgan fingerprint density at radius 2 is 2.00 bits per heavy atom. The monoisotopic (exact) mass is 421 g/mol. The molecule has 2 heterocycles. The lowest BCUT2D eigenvalue weighted by Gasteiger charge is -2.36. The molecule has 1 saturated heterocycles. The van der Waals surface area contributed by atoms with Crippen LogP contribution in [0.5, 0.6) is 0 Å². The Morgan fingerprint density at radius 3 is 2.71 bits per heavy atom. The number of nitriles is 1. The number of nitrogens with zero attached hydrogens (tertiary/aromatic N) is 3. The molecule has 2 aliphatic rings. The molecule has 2 aliphatic heterocycles. The lowest BCUT2D eigenvalue weighted by molar-refractivity contribution is -0.130. The Balaban J connectivity index is 1.38. The fraction of sp³-hybridized carbons (Fsp3) is 0.348. The van der Waals surface area contributed by atoms with E-state index >= 15 is 0 Å². The maximum absolute atomic E-state index is 14.1. The highest BCUT2D eigenvalue weighted by atomic mass is 19.1. The van der Waals surface area contributed by atoms with Gasteiger partial charge >= 0.3 is 0 Å². The van der Waals surface area contributed by atoms with Gasteiger partial charge in [0.05, 0.1) is 6.07 Å². The Labute approximate surface area is 180 Å². The van der Waals surface area contributed by atoms with Gasteiger partial charge in [-0.25, -0.2) is 4.39 Å². The van der Waals surface area contributed by atoms with E-state index in [1.807, 2.05) is 37.3 Å². The summed E-state index contributed by atoms with van der Waals surface area (Å²) in [4.78, 5) is 28.5.